The second kappa shape index (κ2) is 7.32. The second-order valence-corrected chi connectivity index (χ2v) is 6.92. The first kappa shape index (κ1) is 17.4. The minimum absolute atomic E-state index is 0.0632. The van der Waals surface area contributed by atoms with Crippen molar-refractivity contribution in [2.24, 2.45) is 0 Å². The molecule has 1 aliphatic heterocycles. The van der Waals surface area contributed by atoms with E-state index in [9.17, 15) is 4.79 Å². The molecule has 27 heavy (non-hydrogen) atoms. The van der Waals surface area contributed by atoms with Gasteiger partial charge in [0, 0.05) is 56.1 Å². The first-order valence-corrected chi connectivity index (χ1v) is 9.17. The van der Waals surface area contributed by atoms with Gasteiger partial charge in [-0.25, -0.2) is 4.98 Å². The second-order valence-electron chi connectivity index (χ2n) is 6.92. The number of allylic oxidation sites excluding steroid dienone is 1. The Balaban J connectivity index is 1.58. The van der Waals surface area contributed by atoms with E-state index in [-0.39, 0.29) is 5.91 Å². The van der Waals surface area contributed by atoms with E-state index in [1.54, 1.807) is 12.4 Å². The van der Waals surface area contributed by atoms with Crippen LogP contribution in [0.1, 0.15) is 27.2 Å². The number of fused-ring (bicyclic) bond motifs is 1. The number of likely N-dealkylation sites (N-methyl/N-ethyl adjacent to an activating group) is 1. The van der Waals surface area contributed by atoms with Gasteiger partial charge in [-0.2, -0.15) is 0 Å². The molecule has 0 saturated carbocycles. The zero-order chi connectivity index (χ0) is 18.8. The minimum atomic E-state index is 0.0632. The van der Waals surface area contributed by atoms with Crippen molar-refractivity contribution in [3.63, 3.8) is 0 Å². The Morgan fingerprint density at radius 3 is 2.70 bits per heavy atom. The van der Waals surface area contributed by atoms with Crippen LogP contribution in [0.2, 0.25) is 0 Å². The van der Waals surface area contributed by atoms with Crippen molar-refractivity contribution < 1.29 is 4.79 Å². The van der Waals surface area contributed by atoms with E-state index >= 15 is 0 Å². The van der Waals surface area contributed by atoms with Crippen LogP contribution in [0.15, 0.2) is 49.4 Å². The number of hydrogen-bond donors (Lipinski definition) is 1. The highest BCUT2D eigenvalue weighted by Gasteiger charge is 2.24. The van der Waals surface area contributed by atoms with Gasteiger partial charge in [0.05, 0.1) is 11.3 Å². The van der Waals surface area contributed by atoms with Crippen molar-refractivity contribution in [1.82, 2.24) is 19.8 Å². The summed E-state index contributed by atoms with van der Waals surface area (Å²) < 4.78 is 0. The highest BCUT2D eigenvalue weighted by molar-refractivity contribution is 5.96. The van der Waals surface area contributed by atoms with Crippen LogP contribution in [0.25, 0.3) is 5.57 Å². The number of nitrogens with zero attached hydrogens (tertiary/aromatic N) is 4. The van der Waals surface area contributed by atoms with Crippen LogP contribution in [0, 0.1) is 0 Å². The van der Waals surface area contributed by atoms with Crippen molar-refractivity contribution in [2.45, 2.75) is 6.42 Å². The molecule has 2 aliphatic rings. The summed E-state index contributed by atoms with van der Waals surface area (Å²) in [4.78, 5) is 26.0. The molecule has 0 bridgehead atoms. The number of carbonyl (C=O) groups excluding carboxylic acids is 1. The van der Waals surface area contributed by atoms with E-state index in [0.717, 1.165) is 60.8 Å². The lowest BCUT2D eigenvalue weighted by atomic mass is 10.0. The summed E-state index contributed by atoms with van der Waals surface area (Å²) in [5.41, 5.74) is 4.80. The fraction of sp³-hybridized carbons (Fsp3) is 0.286. The Kier molecular flexibility index (Phi) is 4.73. The minimum Gasteiger partial charge on any atom is -0.347 e. The molecule has 0 radical (unpaired) electrons. The third kappa shape index (κ3) is 3.48. The van der Waals surface area contributed by atoms with Crippen LogP contribution in [0.5, 0.6) is 0 Å². The lowest BCUT2D eigenvalue weighted by Gasteiger charge is -2.32. The molecule has 6 nitrogen and oxygen atoms in total. The molecule has 4 rings (SSSR count). The van der Waals surface area contributed by atoms with Crippen LogP contribution < -0.4 is 5.32 Å². The molecule has 1 N–H and O–H groups in total. The van der Waals surface area contributed by atoms with Crippen LogP contribution in [-0.2, 0) is 6.42 Å². The Morgan fingerprint density at radius 1 is 1.19 bits per heavy atom. The maximum Gasteiger partial charge on any atom is 0.255 e. The first-order valence-electron chi connectivity index (χ1n) is 9.17. The number of aromatic nitrogens is 2. The molecule has 1 fully saturated rings. The zero-order valence-corrected chi connectivity index (χ0v) is 15.5. The van der Waals surface area contributed by atoms with Gasteiger partial charge in [-0.1, -0.05) is 12.7 Å². The number of rotatable bonds is 4. The molecular weight excluding hydrogens is 338 g/mol. The van der Waals surface area contributed by atoms with Crippen molar-refractivity contribution in [3.05, 3.63) is 71.8 Å². The number of amides is 1. The molecule has 1 saturated heterocycles. The van der Waals surface area contributed by atoms with Crippen molar-refractivity contribution in [2.75, 3.05) is 38.5 Å². The molecule has 0 unspecified atom stereocenters. The van der Waals surface area contributed by atoms with Crippen LogP contribution in [-0.4, -0.2) is 58.9 Å². The molecular formula is C21H23N5O. The van der Waals surface area contributed by atoms with E-state index in [1.807, 2.05) is 29.3 Å². The SMILES string of the molecule is C=CNc1ccc(C2=CCc3ncc(C(=O)N4CCN(C)CC4)cc32)cn1. The van der Waals surface area contributed by atoms with Gasteiger partial charge in [0.15, 0.2) is 0 Å². The smallest absolute Gasteiger partial charge is 0.255 e. The molecule has 0 spiro atoms. The summed E-state index contributed by atoms with van der Waals surface area (Å²) in [6, 6.07) is 5.93. The summed E-state index contributed by atoms with van der Waals surface area (Å²) in [6.45, 7) is 6.98. The highest BCUT2D eigenvalue weighted by Crippen LogP contribution is 2.32. The number of piperazine rings is 1. The predicted molar refractivity (Wildman–Crippen MR) is 106 cm³/mol. The van der Waals surface area contributed by atoms with E-state index in [0.29, 0.717) is 5.56 Å². The van der Waals surface area contributed by atoms with Gasteiger partial charge < -0.3 is 15.1 Å². The average Bonchev–Trinajstić information content (AvgIpc) is 3.12. The largest absolute Gasteiger partial charge is 0.347 e. The number of hydrogen-bond acceptors (Lipinski definition) is 5. The Hall–Kier alpha value is -2.99. The normalized spacial score (nSPS) is 16.6. The summed E-state index contributed by atoms with van der Waals surface area (Å²) in [5.74, 6) is 0.818. The quantitative estimate of drug-likeness (QED) is 0.906. The standard InChI is InChI=1S/C21H23N5O/c1-3-22-20-7-4-15(13-24-20)17-5-6-19-18(17)12-16(14-23-19)21(27)26-10-8-25(2)9-11-26/h3-5,7,12-14H,1,6,8-11H2,2H3,(H,22,24). The van der Waals surface area contributed by atoms with Gasteiger partial charge in [-0.3, -0.25) is 9.78 Å². The number of pyridine rings is 2. The van der Waals surface area contributed by atoms with Crippen LogP contribution in [0.3, 0.4) is 0 Å². The molecule has 1 aliphatic carbocycles. The topological polar surface area (TPSA) is 61.4 Å². The molecule has 2 aromatic rings. The molecule has 0 aromatic carbocycles. The van der Waals surface area contributed by atoms with Gasteiger partial charge in [0.25, 0.3) is 5.91 Å². The molecule has 6 heteroatoms. The molecule has 138 valence electrons. The number of anilines is 1. The lowest BCUT2D eigenvalue weighted by Crippen LogP contribution is -2.47. The summed E-state index contributed by atoms with van der Waals surface area (Å²) in [5, 5.41) is 2.98. The molecule has 3 heterocycles. The Bertz CT molecular complexity index is 895. The van der Waals surface area contributed by atoms with E-state index in [2.05, 4.69) is 39.9 Å². The maximum absolute atomic E-state index is 12.9. The van der Waals surface area contributed by atoms with Gasteiger partial charge in [-0.15, -0.1) is 0 Å². The average molecular weight is 361 g/mol. The maximum atomic E-state index is 12.9. The number of nitrogens with one attached hydrogen (secondary N) is 1. The third-order valence-electron chi connectivity index (χ3n) is 5.12. The third-order valence-corrected chi connectivity index (χ3v) is 5.12. The van der Waals surface area contributed by atoms with Crippen LogP contribution >= 0.6 is 0 Å². The lowest BCUT2D eigenvalue weighted by molar-refractivity contribution is 0.0663. The highest BCUT2D eigenvalue weighted by atomic mass is 16.2. The summed E-state index contributed by atoms with van der Waals surface area (Å²) in [6.07, 6.45) is 8.08. The van der Waals surface area contributed by atoms with Crippen LogP contribution in [0.4, 0.5) is 5.82 Å². The number of carbonyl (C=O) groups is 1. The predicted octanol–water partition coefficient (Wildman–Crippen LogP) is 2.41. The van der Waals surface area contributed by atoms with E-state index < -0.39 is 0 Å². The Morgan fingerprint density at radius 2 is 2.00 bits per heavy atom. The fourth-order valence-corrected chi connectivity index (χ4v) is 3.52. The van der Waals surface area contributed by atoms with Gasteiger partial charge >= 0.3 is 0 Å². The van der Waals surface area contributed by atoms with Gasteiger partial charge in [-0.05, 0) is 37.0 Å². The van der Waals surface area contributed by atoms with E-state index in [1.165, 1.54) is 0 Å². The van der Waals surface area contributed by atoms with Gasteiger partial charge in [0.2, 0.25) is 0 Å². The van der Waals surface area contributed by atoms with Crippen molar-refractivity contribution in [3.8, 4) is 0 Å². The zero-order valence-electron chi connectivity index (χ0n) is 15.5. The molecule has 0 atom stereocenters. The summed E-state index contributed by atoms with van der Waals surface area (Å²) >= 11 is 0. The summed E-state index contributed by atoms with van der Waals surface area (Å²) in [7, 11) is 2.08. The van der Waals surface area contributed by atoms with E-state index in [4.69, 9.17) is 0 Å². The van der Waals surface area contributed by atoms with Gasteiger partial charge in [0.1, 0.15) is 5.82 Å². The fourth-order valence-electron chi connectivity index (χ4n) is 3.52. The van der Waals surface area contributed by atoms with Crippen molar-refractivity contribution >= 4 is 17.3 Å². The van der Waals surface area contributed by atoms with Crippen molar-refractivity contribution in [1.29, 1.82) is 0 Å². The Labute approximate surface area is 159 Å². The first-order chi connectivity index (χ1) is 13.2. The monoisotopic (exact) mass is 361 g/mol. The molecule has 1 amide bonds. The molecule has 2 aromatic heterocycles.